The molecular weight excluding hydrogens is 362 g/mol. The van der Waals surface area contributed by atoms with E-state index in [0.29, 0.717) is 6.61 Å². The maximum absolute atomic E-state index is 12.9. The van der Waals surface area contributed by atoms with Crippen LogP contribution in [0.25, 0.3) is 6.08 Å². The largest absolute Gasteiger partial charge is 0.489 e. The average Bonchev–Trinajstić information content (AvgIpc) is 3.04. The van der Waals surface area contributed by atoms with Gasteiger partial charge in [-0.15, -0.1) is 0 Å². The predicted octanol–water partition coefficient (Wildman–Crippen LogP) is 3.84. The summed E-state index contributed by atoms with van der Waals surface area (Å²) in [5.41, 5.74) is 2.85. The van der Waals surface area contributed by atoms with Crippen molar-refractivity contribution in [2.75, 3.05) is 19.8 Å². The van der Waals surface area contributed by atoms with Crippen LogP contribution in [-0.2, 0) is 4.74 Å². The van der Waals surface area contributed by atoms with Crippen molar-refractivity contribution >= 4 is 28.7 Å². The van der Waals surface area contributed by atoms with Gasteiger partial charge >= 0.3 is 0 Å². The molecule has 0 radical (unpaired) electrons. The summed E-state index contributed by atoms with van der Waals surface area (Å²) in [5.74, 6) is 1.66. The van der Waals surface area contributed by atoms with Crippen molar-refractivity contribution in [2.24, 2.45) is 4.99 Å². The van der Waals surface area contributed by atoms with Crippen LogP contribution < -0.4 is 10.3 Å². The van der Waals surface area contributed by atoms with Crippen molar-refractivity contribution in [1.82, 2.24) is 9.78 Å². The van der Waals surface area contributed by atoms with Crippen molar-refractivity contribution in [2.45, 2.75) is 31.1 Å². The summed E-state index contributed by atoms with van der Waals surface area (Å²) in [4.78, 5) is 17.6. The first-order chi connectivity index (χ1) is 13.2. The molecule has 1 aromatic carbocycles. The SMILES string of the molecule is CC1=Nc2c(c(=O)[nH]n2C2CCOCC2)[C@H](C2=Cc3ccccc3OC2)S1. The molecule has 0 aliphatic carbocycles. The molecule has 4 heterocycles. The third-order valence-electron chi connectivity index (χ3n) is 5.30. The highest BCUT2D eigenvalue weighted by molar-refractivity contribution is 8.14. The molecule has 0 amide bonds. The van der Waals surface area contributed by atoms with Crippen LogP contribution in [0, 0.1) is 0 Å². The molecule has 0 saturated carbocycles. The average molecular weight is 383 g/mol. The first kappa shape index (κ1) is 16.9. The molecule has 2 aromatic rings. The van der Waals surface area contributed by atoms with Crippen molar-refractivity contribution < 1.29 is 9.47 Å². The van der Waals surface area contributed by atoms with Crippen LogP contribution in [0.2, 0.25) is 0 Å². The molecule has 6 nitrogen and oxygen atoms in total. The lowest BCUT2D eigenvalue weighted by Gasteiger charge is -2.28. The zero-order valence-corrected chi connectivity index (χ0v) is 15.9. The van der Waals surface area contributed by atoms with Crippen molar-refractivity contribution in [1.29, 1.82) is 0 Å². The van der Waals surface area contributed by atoms with Gasteiger partial charge in [0, 0.05) is 18.8 Å². The van der Waals surface area contributed by atoms with E-state index in [-0.39, 0.29) is 16.9 Å². The number of aliphatic imine (C=N–C) groups is 1. The fourth-order valence-corrected chi connectivity index (χ4v) is 5.06. The molecule has 1 saturated heterocycles. The molecule has 3 aliphatic rings. The van der Waals surface area contributed by atoms with E-state index >= 15 is 0 Å². The lowest BCUT2D eigenvalue weighted by molar-refractivity contribution is 0.0666. The number of aromatic nitrogens is 2. The van der Waals surface area contributed by atoms with E-state index in [9.17, 15) is 4.79 Å². The van der Waals surface area contributed by atoms with E-state index in [1.54, 1.807) is 11.8 Å². The fourth-order valence-electron chi connectivity index (χ4n) is 3.96. The molecule has 1 atom stereocenters. The number of thioether (sulfide) groups is 1. The van der Waals surface area contributed by atoms with Gasteiger partial charge in [0.2, 0.25) is 0 Å². The number of fused-ring (bicyclic) bond motifs is 2. The number of nitrogens with zero attached hydrogens (tertiary/aromatic N) is 2. The van der Waals surface area contributed by atoms with Gasteiger partial charge in [-0.2, -0.15) is 0 Å². The molecule has 0 spiro atoms. The van der Waals surface area contributed by atoms with E-state index in [1.165, 1.54) is 0 Å². The third-order valence-corrected chi connectivity index (χ3v) is 6.50. The number of hydrogen-bond acceptors (Lipinski definition) is 5. The summed E-state index contributed by atoms with van der Waals surface area (Å²) < 4.78 is 13.4. The van der Waals surface area contributed by atoms with Crippen LogP contribution in [0.5, 0.6) is 5.75 Å². The number of nitrogens with one attached hydrogen (secondary N) is 1. The Balaban J connectivity index is 1.58. The zero-order valence-electron chi connectivity index (χ0n) is 15.1. The van der Waals surface area contributed by atoms with E-state index in [4.69, 9.17) is 14.5 Å². The van der Waals surface area contributed by atoms with Crippen LogP contribution in [0.1, 0.15) is 42.2 Å². The lowest BCUT2D eigenvalue weighted by atomic mass is 10.0. The number of aromatic amines is 1. The maximum atomic E-state index is 12.9. The van der Waals surface area contributed by atoms with Crippen LogP contribution in [0.15, 0.2) is 39.6 Å². The number of benzene rings is 1. The molecule has 1 fully saturated rings. The normalized spacial score (nSPS) is 22.3. The Kier molecular flexibility index (Phi) is 4.21. The standard InChI is InChI=1S/C20H21N3O3S/c1-12-21-19-17(20(24)22-23(19)15-6-8-25-9-7-15)18(27-12)14-10-13-4-2-3-5-16(13)26-11-14/h2-5,10,15,18H,6-9,11H2,1H3,(H,22,24)/t18-/m0/s1. The summed E-state index contributed by atoms with van der Waals surface area (Å²) >= 11 is 1.63. The molecule has 5 rings (SSSR count). The second-order valence-corrected chi connectivity index (χ2v) is 8.36. The van der Waals surface area contributed by atoms with Gasteiger partial charge < -0.3 is 9.47 Å². The zero-order chi connectivity index (χ0) is 18.4. The van der Waals surface area contributed by atoms with Crippen molar-refractivity contribution in [3.8, 4) is 5.75 Å². The minimum absolute atomic E-state index is 0.0509. The lowest BCUT2D eigenvalue weighted by Crippen LogP contribution is -2.21. The second-order valence-electron chi connectivity index (χ2n) is 7.07. The van der Waals surface area contributed by atoms with Gasteiger partial charge in [-0.1, -0.05) is 30.0 Å². The smallest absolute Gasteiger partial charge is 0.271 e. The molecular formula is C20H21N3O3S. The second kappa shape index (κ2) is 6.73. The van der Waals surface area contributed by atoms with Crippen LogP contribution in [0.4, 0.5) is 5.82 Å². The molecule has 7 heteroatoms. The molecule has 140 valence electrons. The van der Waals surface area contributed by atoms with E-state index in [0.717, 1.165) is 59.4 Å². The topological polar surface area (TPSA) is 68.6 Å². The van der Waals surface area contributed by atoms with Crippen LogP contribution in [-0.4, -0.2) is 34.6 Å². The van der Waals surface area contributed by atoms with Gasteiger partial charge in [-0.05, 0) is 37.5 Å². The number of para-hydroxylation sites is 1. The highest BCUT2D eigenvalue weighted by atomic mass is 32.2. The van der Waals surface area contributed by atoms with Crippen LogP contribution >= 0.6 is 11.8 Å². The summed E-state index contributed by atoms with van der Waals surface area (Å²) in [6.45, 7) is 3.93. The first-order valence-electron chi connectivity index (χ1n) is 9.27. The van der Waals surface area contributed by atoms with E-state index < -0.39 is 0 Å². The highest BCUT2D eigenvalue weighted by Gasteiger charge is 2.34. The number of rotatable bonds is 2. The Morgan fingerprint density at radius 2 is 2.07 bits per heavy atom. The van der Waals surface area contributed by atoms with Crippen LogP contribution in [0.3, 0.4) is 0 Å². The summed E-state index contributed by atoms with van der Waals surface area (Å²) in [7, 11) is 0. The quantitative estimate of drug-likeness (QED) is 0.855. The number of hydrogen-bond donors (Lipinski definition) is 1. The van der Waals surface area contributed by atoms with E-state index in [1.807, 2.05) is 35.9 Å². The number of ether oxygens (including phenoxy) is 2. The van der Waals surface area contributed by atoms with Gasteiger partial charge in [0.05, 0.1) is 21.9 Å². The fraction of sp³-hybridized carbons (Fsp3) is 0.400. The molecule has 3 aliphatic heterocycles. The monoisotopic (exact) mass is 383 g/mol. The molecule has 27 heavy (non-hydrogen) atoms. The highest BCUT2D eigenvalue weighted by Crippen LogP contribution is 2.46. The van der Waals surface area contributed by atoms with Crippen molar-refractivity contribution in [3.63, 3.8) is 0 Å². The van der Waals surface area contributed by atoms with Crippen molar-refractivity contribution in [3.05, 3.63) is 51.3 Å². The van der Waals surface area contributed by atoms with Gasteiger partial charge in [-0.3, -0.25) is 14.6 Å². The molecule has 0 unspecified atom stereocenters. The Bertz CT molecular complexity index is 998. The van der Waals surface area contributed by atoms with Gasteiger partial charge in [0.15, 0.2) is 5.82 Å². The first-order valence-corrected chi connectivity index (χ1v) is 10.1. The minimum atomic E-state index is -0.0734. The van der Waals surface area contributed by atoms with E-state index in [2.05, 4.69) is 11.2 Å². The Morgan fingerprint density at radius 1 is 1.26 bits per heavy atom. The Morgan fingerprint density at radius 3 is 2.93 bits per heavy atom. The maximum Gasteiger partial charge on any atom is 0.271 e. The molecule has 1 aromatic heterocycles. The molecule has 1 N–H and O–H groups in total. The predicted molar refractivity (Wildman–Crippen MR) is 107 cm³/mol. The van der Waals surface area contributed by atoms with Gasteiger partial charge in [-0.25, -0.2) is 4.99 Å². The Hall–Kier alpha value is -2.25. The summed E-state index contributed by atoms with van der Waals surface area (Å²) in [5, 5.41) is 3.94. The summed E-state index contributed by atoms with van der Waals surface area (Å²) in [6, 6.07) is 8.22. The minimum Gasteiger partial charge on any atom is -0.489 e. The molecule has 0 bridgehead atoms. The summed E-state index contributed by atoms with van der Waals surface area (Å²) in [6.07, 6.45) is 3.94. The Labute approximate surface area is 161 Å². The van der Waals surface area contributed by atoms with Gasteiger partial charge in [0.25, 0.3) is 5.56 Å². The number of H-pyrrole nitrogens is 1. The third kappa shape index (κ3) is 2.95. The van der Waals surface area contributed by atoms with Gasteiger partial charge in [0.1, 0.15) is 12.4 Å².